The van der Waals surface area contributed by atoms with Crippen LogP contribution in [0, 0.1) is 18.7 Å². The van der Waals surface area contributed by atoms with E-state index in [0.717, 1.165) is 15.6 Å². The molecule has 0 saturated carbocycles. The van der Waals surface area contributed by atoms with E-state index in [2.05, 4.69) is 5.32 Å². The van der Waals surface area contributed by atoms with Gasteiger partial charge in [0, 0.05) is 11.2 Å². The van der Waals surface area contributed by atoms with Crippen LogP contribution in [0.1, 0.15) is 35.5 Å². The Morgan fingerprint density at radius 2 is 2.14 bits per heavy atom. The number of aryl methyl sites for hydroxylation is 1. The first-order valence-electron chi connectivity index (χ1n) is 7.03. The summed E-state index contributed by atoms with van der Waals surface area (Å²) in [6, 6.07) is 4.58. The van der Waals surface area contributed by atoms with Crippen molar-refractivity contribution in [3.05, 3.63) is 34.5 Å². The molecule has 1 heterocycles. The van der Waals surface area contributed by atoms with Crippen LogP contribution in [0.5, 0.6) is 0 Å². The normalized spacial score (nSPS) is 14.1. The Labute approximate surface area is 127 Å². The molecule has 2 rings (SSSR count). The summed E-state index contributed by atoms with van der Waals surface area (Å²) in [6.45, 7) is 6.08. The number of hydrogen-bond acceptors (Lipinski definition) is 3. The third-order valence-corrected chi connectivity index (χ3v) is 4.73. The van der Waals surface area contributed by atoms with Gasteiger partial charge in [0.05, 0.1) is 11.0 Å². The maximum Gasteiger partial charge on any atom is 0.261 e. The highest BCUT2D eigenvalue weighted by atomic mass is 32.1. The second-order valence-electron chi connectivity index (χ2n) is 5.60. The molecule has 0 saturated heterocycles. The van der Waals surface area contributed by atoms with E-state index < -0.39 is 0 Å². The molecule has 0 bridgehead atoms. The highest BCUT2D eigenvalue weighted by Gasteiger charge is 2.16. The fourth-order valence-corrected chi connectivity index (χ4v) is 3.53. The lowest BCUT2D eigenvalue weighted by molar-refractivity contribution is 0.0943. The Morgan fingerprint density at radius 1 is 1.43 bits per heavy atom. The molecule has 0 spiro atoms. The number of nitrogens with one attached hydrogen (secondary N) is 1. The number of fused-ring (bicyclic) bond motifs is 1. The van der Waals surface area contributed by atoms with Crippen molar-refractivity contribution in [2.24, 2.45) is 5.92 Å². The van der Waals surface area contributed by atoms with E-state index in [9.17, 15) is 14.3 Å². The smallest absolute Gasteiger partial charge is 0.261 e. The fraction of sp³-hybridized carbons (Fsp3) is 0.438. The van der Waals surface area contributed by atoms with Gasteiger partial charge in [-0.25, -0.2) is 4.39 Å². The molecule has 1 aromatic heterocycles. The highest BCUT2D eigenvalue weighted by molar-refractivity contribution is 7.21. The van der Waals surface area contributed by atoms with Crippen LogP contribution in [0.15, 0.2) is 18.2 Å². The van der Waals surface area contributed by atoms with Gasteiger partial charge < -0.3 is 10.4 Å². The van der Waals surface area contributed by atoms with Gasteiger partial charge in [-0.1, -0.05) is 6.92 Å². The number of carbonyl (C=O) groups is 1. The van der Waals surface area contributed by atoms with Gasteiger partial charge in [0.1, 0.15) is 5.82 Å². The molecule has 0 radical (unpaired) electrons. The molecule has 5 heteroatoms. The Hall–Kier alpha value is -1.46. The van der Waals surface area contributed by atoms with Gasteiger partial charge in [-0.15, -0.1) is 11.3 Å². The summed E-state index contributed by atoms with van der Waals surface area (Å²) in [7, 11) is 0. The van der Waals surface area contributed by atoms with Crippen LogP contribution in [0.25, 0.3) is 10.1 Å². The third kappa shape index (κ3) is 3.80. The number of aliphatic hydroxyl groups excluding tert-OH is 1. The number of carbonyl (C=O) groups excluding carboxylic acids is 1. The van der Waals surface area contributed by atoms with Crippen molar-refractivity contribution in [3.8, 4) is 0 Å². The summed E-state index contributed by atoms with van der Waals surface area (Å²) < 4.78 is 14.2. The Kier molecular flexibility index (Phi) is 4.96. The molecule has 114 valence electrons. The average molecular weight is 309 g/mol. The maximum absolute atomic E-state index is 13.3. The van der Waals surface area contributed by atoms with Crippen LogP contribution in [-0.2, 0) is 0 Å². The zero-order chi connectivity index (χ0) is 15.6. The first kappa shape index (κ1) is 15.9. The van der Waals surface area contributed by atoms with E-state index in [-0.39, 0.29) is 23.7 Å². The summed E-state index contributed by atoms with van der Waals surface area (Å²) in [4.78, 5) is 12.9. The molecule has 0 fully saturated rings. The molecular formula is C16H20FNO2S. The molecule has 21 heavy (non-hydrogen) atoms. The molecule has 2 aromatic rings. The number of thiophene rings is 1. The van der Waals surface area contributed by atoms with E-state index in [4.69, 9.17) is 0 Å². The minimum Gasteiger partial charge on any atom is -0.393 e. The Bertz CT molecular complexity index is 651. The standard InChI is InChI=1S/C16H20FNO2S/c1-9(6-10(2)19)8-18-16(20)15-11(3)13-7-12(17)4-5-14(13)21-15/h4-5,7,9-10,19H,6,8H2,1-3H3,(H,18,20). The molecule has 2 unspecified atom stereocenters. The predicted molar refractivity (Wildman–Crippen MR) is 84.3 cm³/mol. The largest absolute Gasteiger partial charge is 0.393 e. The number of hydrogen-bond donors (Lipinski definition) is 2. The van der Waals surface area contributed by atoms with Crippen LogP contribution in [0.3, 0.4) is 0 Å². The number of halogens is 1. The van der Waals surface area contributed by atoms with Crippen LogP contribution in [-0.4, -0.2) is 23.7 Å². The minimum atomic E-state index is -0.370. The molecule has 0 aliphatic carbocycles. The summed E-state index contributed by atoms with van der Waals surface area (Å²) in [5.74, 6) is -0.214. The van der Waals surface area contributed by atoms with Crippen molar-refractivity contribution < 1.29 is 14.3 Å². The minimum absolute atomic E-state index is 0.133. The third-order valence-electron chi connectivity index (χ3n) is 3.46. The van der Waals surface area contributed by atoms with Crippen molar-refractivity contribution in [2.45, 2.75) is 33.3 Å². The van der Waals surface area contributed by atoms with Gasteiger partial charge in [0.25, 0.3) is 5.91 Å². The first-order chi connectivity index (χ1) is 9.88. The van der Waals surface area contributed by atoms with Crippen LogP contribution >= 0.6 is 11.3 Å². The Balaban J connectivity index is 2.11. The lowest BCUT2D eigenvalue weighted by Gasteiger charge is -2.13. The fourth-order valence-electron chi connectivity index (χ4n) is 2.42. The first-order valence-corrected chi connectivity index (χ1v) is 7.85. The van der Waals surface area contributed by atoms with E-state index in [1.54, 1.807) is 13.0 Å². The summed E-state index contributed by atoms with van der Waals surface area (Å²) in [6.07, 6.45) is 0.280. The van der Waals surface area contributed by atoms with Crippen LogP contribution < -0.4 is 5.32 Å². The number of aliphatic hydroxyl groups is 1. The van der Waals surface area contributed by atoms with Gasteiger partial charge in [-0.05, 0) is 55.3 Å². The summed E-state index contributed by atoms with van der Waals surface area (Å²) >= 11 is 1.38. The van der Waals surface area contributed by atoms with Crippen LogP contribution in [0.4, 0.5) is 4.39 Å². The van der Waals surface area contributed by atoms with Gasteiger partial charge in [-0.3, -0.25) is 4.79 Å². The van der Waals surface area contributed by atoms with Gasteiger partial charge in [0.2, 0.25) is 0 Å². The van der Waals surface area contributed by atoms with E-state index in [1.165, 1.54) is 23.5 Å². The van der Waals surface area contributed by atoms with Crippen molar-refractivity contribution in [1.82, 2.24) is 5.32 Å². The molecule has 1 amide bonds. The molecule has 0 aliphatic rings. The molecule has 1 aromatic carbocycles. The van der Waals surface area contributed by atoms with Gasteiger partial charge in [-0.2, -0.15) is 0 Å². The summed E-state index contributed by atoms with van der Waals surface area (Å²) in [5.41, 5.74) is 0.815. The van der Waals surface area contributed by atoms with Crippen molar-refractivity contribution in [3.63, 3.8) is 0 Å². The second-order valence-corrected chi connectivity index (χ2v) is 6.65. The quantitative estimate of drug-likeness (QED) is 0.888. The summed E-state index contributed by atoms with van der Waals surface area (Å²) in [5, 5.41) is 13.0. The highest BCUT2D eigenvalue weighted by Crippen LogP contribution is 2.31. The Morgan fingerprint density at radius 3 is 2.81 bits per heavy atom. The predicted octanol–water partition coefficient (Wildman–Crippen LogP) is 3.49. The van der Waals surface area contributed by atoms with Crippen molar-refractivity contribution in [1.29, 1.82) is 0 Å². The van der Waals surface area contributed by atoms with Crippen LogP contribution in [0.2, 0.25) is 0 Å². The molecule has 0 aliphatic heterocycles. The number of amides is 1. The van der Waals surface area contributed by atoms with E-state index in [1.807, 2.05) is 13.8 Å². The van der Waals surface area contributed by atoms with Gasteiger partial charge in [0.15, 0.2) is 0 Å². The average Bonchev–Trinajstić information content (AvgIpc) is 2.73. The SMILES string of the molecule is Cc1c(C(=O)NCC(C)CC(C)O)sc2ccc(F)cc12. The topological polar surface area (TPSA) is 49.3 Å². The molecular weight excluding hydrogens is 289 g/mol. The van der Waals surface area contributed by atoms with Gasteiger partial charge >= 0.3 is 0 Å². The monoisotopic (exact) mass is 309 g/mol. The zero-order valence-electron chi connectivity index (χ0n) is 12.4. The molecule has 3 nitrogen and oxygen atoms in total. The zero-order valence-corrected chi connectivity index (χ0v) is 13.3. The maximum atomic E-state index is 13.3. The molecule has 2 atom stereocenters. The lowest BCUT2D eigenvalue weighted by Crippen LogP contribution is -2.29. The number of rotatable bonds is 5. The molecule has 2 N–H and O–H groups in total. The van der Waals surface area contributed by atoms with E-state index in [0.29, 0.717) is 17.8 Å². The lowest BCUT2D eigenvalue weighted by atomic mass is 10.0. The van der Waals surface area contributed by atoms with E-state index >= 15 is 0 Å². The number of benzene rings is 1. The van der Waals surface area contributed by atoms with Crippen molar-refractivity contribution >= 4 is 27.3 Å². The second kappa shape index (κ2) is 6.54. The van der Waals surface area contributed by atoms with Crippen molar-refractivity contribution in [2.75, 3.05) is 6.54 Å².